The number of hydrogen-bond donors (Lipinski definition) is 2. The second-order valence-electron chi connectivity index (χ2n) is 5.69. The van der Waals surface area contributed by atoms with Gasteiger partial charge in [0, 0.05) is 18.6 Å². The Labute approximate surface area is 112 Å². The summed E-state index contributed by atoms with van der Waals surface area (Å²) in [6, 6.07) is 0. The zero-order chi connectivity index (χ0) is 13.3. The molecule has 0 aromatic heterocycles. The van der Waals surface area contributed by atoms with Crippen molar-refractivity contribution in [3.8, 4) is 0 Å². The standard InChI is InChI=1S/C15H30N2O/c1-14(2)12-18-11-10-17-15(13-16)8-6-4-3-5-7-9-15/h17H,1,3-13,16H2,2H3. The lowest BCUT2D eigenvalue weighted by Gasteiger charge is -2.35. The number of rotatable bonds is 7. The van der Waals surface area contributed by atoms with Crippen LogP contribution in [0.15, 0.2) is 12.2 Å². The third kappa shape index (κ3) is 5.98. The van der Waals surface area contributed by atoms with E-state index >= 15 is 0 Å². The van der Waals surface area contributed by atoms with Crippen LogP contribution < -0.4 is 11.1 Å². The van der Waals surface area contributed by atoms with E-state index in [0.29, 0.717) is 6.61 Å². The molecule has 0 unspecified atom stereocenters. The summed E-state index contributed by atoms with van der Waals surface area (Å²) in [4.78, 5) is 0. The molecule has 0 aromatic rings. The van der Waals surface area contributed by atoms with Crippen molar-refractivity contribution in [1.29, 1.82) is 0 Å². The summed E-state index contributed by atoms with van der Waals surface area (Å²) < 4.78 is 5.53. The molecule has 0 radical (unpaired) electrons. The molecule has 0 amide bonds. The maximum absolute atomic E-state index is 6.00. The summed E-state index contributed by atoms with van der Waals surface area (Å²) in [5, 5.41) is 3.65. The Morgan fingerprint density at radius 3 is 2.39 bits per heavy atom. The summed E-state index contributed by atoms with van der Waals surface area (Å²) in [5.41, 5.74) is 7.24. The smallest absolute Gasteiger partial charge is 0.0672 e. The molecule has 1 aliphatic rings. The van der Waals surface area contributed by atoms with Gasteiger partial charge in [-0.2, -0.15) is 0 Å². The first kappa shape index (κ1) is 15.7. The van der Waals surface area contributed by atoms with Crippen LogP contribution >= 0.6 is 0 Å². The van der Waals surface area contributed by atoms with E-state index in [0.717, 1.165) is 25.3 Å². The highest BCUT2D eigenvalue weighted by Gasteiger charge is 2.27. The highest BCUT2D eigenvalue weighted by Crippen LogP contribution is 2.25. The van der Waals surface area contributed by atoms with E-state index in [4.69, 9.17) is 10.5 Å². The molecule has 3 nitrogen and oxygen atoms in total. The predicted molar refractivity (Wildman–Crippen MR) is 77.7 cm³/mol. The molecule has 1 saturated carbocycles. The number of nitrogens with two attached hydrogens (primary N) is 1. The Morgan fingerprint density at radius 2 is 1.83 bits per heavy atom. The van der Waals surface area contributed by atoms with E-state index in [1.54, 1.807) is 0 Å². The molecule has 18 heavy (non-hydrogen) atoms. The normalized spacial score (nSPS) is 20.1. The lowest BCUT2D eigenvalue weighted by Crippen LogP contribution is -2.52. The highest BCUT2D eigenvalue weighted by molar-refractivity contribution is 4.90. The Bertz CT molecular complexity index is 233. The first-order chi connectivity index (χ1) is 8.68. The van der Waals surface area contributed by atoms with Crippen molar-refractivity contribution in [2.24, 2.45) is 5.73 Å². The van der Waals surface area contributed by atoms with Crippen LogP contribution in [0, 0.1) is 0 Å². The van der Waals surface area contributed by atoms with Gasteiger partial charge in [0.15, 0.2) is 0 Å². The summed E-state index contributed by atoms with van der Waals surface area (Å²) in [7, 11) is 0. The fourth-order valence-corrected chi connectivity index (χ4v) is 2.67. The van der Waals surface area contributed by atoms with Crippen LogP contribution in [0.1, 0.15) is 51.9 Å². The molecule has 3 N–H and O–H groups in total. The molecule has 0 saturated heterocycles. The van der Waals surface area contributed by atoms with Crippen LogP contribution in [0.4, 0.5) is 0 Å². The van der Waals surface area contributed by atoms with E-state index in [-0.39, 0.29) is 5.54 Å². The van der Waals surface area contributed by atoms with Gasteiger partial charge in [0.05, 0.1) is 13.2 Å². The highest BCUT2D eigenvalue weighted by atomic mass is 16.5. The summed E-state index contributed by atoms with van der Waals surface area (Å²) >= 11 is 0. The molecule has 0 aliphatic heterocycles. The molecule has 0 heterocycles. The molecule has 0 spiro atoms. The van der Waals surface area contributed by atoms with Gasteiger partial charge in [-0.25, -0.2) is 0 Å². The fourth-order valence-electron chi connectivity index (χ4n) is 2.67. The zero-order valence-corrected chi connectivity index (χ0v) is 12.0. The lowest BCUT2D eigenvalue weighted by molar-refractivity contribution is 0.142. The first-order valence-corrected chi connectivity index (χ1v) is 7.36. The molecule has 0 bridgehead atoms. The molecule has 0 aromatic carbocycles. The third-order valence-electron chi connectivity index (χ3n) is 3.80. The predicted octanol–water partition coefficient (Wildman–Crippen LogP) is 2.61. The minimum atomic E-state index is 0.160. The van der Waals surface area contributed by atoms with Gasteiger partial charge in [-0.15, -0.1) is 0 Å². The molecular weight excluding hydrogens is 224 g/mol. The van der Waals surface area contributed by atoms with Crippen molar-refractivity contribution >= 4 is 0 Å². The molecule has 106 valence electrons. The van der Waals surface area contributed by atoms with Crippen molar-refractivity contribution in [2.45, 2.75) is 57.4 Å². The van der Waals surface area contributed by atoms with Gasteiger partial charge in [0.1, 0.15) is 0 Å². The molecule has 0 atom stereocenters. The average molecular weight is 254 g/mol. The van der Waals surface area contributed by atoms with Gasteiger partial charge in [0.25, 0.3) is 0 Å². The van der Waals surface area contributed by atoms with Gasteiger partial charge in [-0.1, -0.05) is 44.3 Å². The van der Waals surface area contributed by atoms with Crippen LogP contribution in [0.5, 0.6) is 0 Å². The quantitative estimate of drug-likeness (QED) is 0.542. The summed E-state index contributed by atoms with van der Waals surface area (Å²) in [5.74, 6) is 0. The van der Waals surface area contributed by atoms with Crippen molar-refractivity contribution in [1.82, 2.24) is 5.32 Å². The van der Waals surface area contributed by atoms with Crippen LogP contribution in [0.2, 0.25) is 0 Å². The van der Waals surface area contributed by atoms with E-state index in [1.165, 1.54) is 44.9 Å². The Hall–Kier alpha value is -0.380. The number of ether oxygens (including phenoxy) is 1. The molecule has 1 fully saturated rings. The van der Waals surface area contributed by atoms with Crippen LogP contribution in [0.3, 0.4) is 0 Å². The molecule has 3 heteroatoms. The fraction of sp³-hybridized carbons (Fsp3) is 0.867. The van der Waals surface area contributed by atoms with Crippen molar-refractivity contribution < 1.29 is 4.74 Å². The average Bonchev–Trinajstić information content (AvgIpc) is 2.31. The summed E-state index contributed by atoms with van der Waals surface area (Å²) in [6.45, 7) is 8.87. The van der Waals surface area contributed by atoms with E-state index in [2.05, 4.69) is 11.9 Å². The van der Waals surface area contributed by atoms with Gasteiger partial charge in [-0.3, -0.25) is 0 Å². The van der Waals surface area contributed by atoms with Gasteiger partial charge in [-0.05, 0) is 19.8 Å². The maximum Gasteiger partial charge on any atom is 0.0672 e. The Balaban J connectivity index is 2.26. The summed E-state index contributed by atoms with van der Waals surface area (Å²) in [6.07, 6.45) is 9.13. The number of hydrogen-bond acceptors (Lipinski definition) is 3. The Morgan fingerprint density at radius 1 is 1.22 bits per heavy atom. The zero-order valence-electron chi connectivity index (χ0n) is 12.0. The van der Waals surface area contributed by atoms with Gasteiger partial charge < -0.3 is 15.8 Å². The SMILES string of the molecule is C=C(C)COCCNC1(CN)CCCCCCC1. The largest absolute Gasteiger partial charge is 0.376 e. The molecular formula is C15H30N2O. The first-order valence-electron chi connectivity index (χ1n) is 7.36. The van der Waals surface area contributed by atoms with Crippen molar-refractivity contribution in [3.05, 3.63) is 12.2 Å². The monoisotopic (exact) mass is 254 g/mol. The molecule has 1 aliphatic carbocycles. The van der Waals surface area contributed by atoms with Gasteiger partial charge in [0.2, 0.25) is 0 Å². The van der Waals surface area contributed by atoms with Crippen molar-refractivity contribution in [3.63, 3.8) is 0 Å². The maximum atomic E-state index is 6.00. The van der Waals surface area contributed by atoms with Crippen LogP contribution in [0.25, 0.3) is 0 Å². The van der Waals surface area contributed by atoms with Gasteiger partial charge >= 0.3 is 0 Å². The van der Waals surface area contributed by atoms with Crippen molar-refractivity contribution in [2.75, 3.05) is 26.3 Å². The van der Waals surface area contributed by atoms with E-state index in [9.17, 15) is 0 Å². The Kier molecular flexibility index (Phi) is 7.56. The minimum absolute atomic E-state index is 0.160. The lowest BCUT2D eigenvalue weighted by atomic mass is 9.84. The second-order valence-corrected chi connectivity index (χ2v) is 5.69. The second kappa shape index (κ2) is 8.68. The molecule has 1 rings (SSSR count). The number of nitrogens with one attached hydrogen (secondary N) is 1. The minimum Gasteiger partial charge on any atom is -0.376 e. The third-order valence-corrected chi connectivity index (χ3v) is 3.80. The van der Waals surface area contributed by atoms with Crippen LogP contribution in [-0.2, 0) is 4.74 Å². The van der Waals surface area contributed by atoms with E-state index < -0.39 is 0 Å². The van der Waals surface area contributed by atoms with Crippen LogP contribution in [-0.4, -0.2) is 31.8 Å². The topological polar surface area (TPSA) is 47.3 Å². The van der Waals surface area contributed by atoms with E-state index in [1.807, 2.05) is 6.92 Å².